The topological polar surface area (TPSA) is 44.3 Å². The highest BCUT2D eigenvalue weighted by atomic mass is 79.9. The van der Waals surface area contributed by atoms with E-state index >= 15 is 0 Å². The van der Waals surface area contributed by atoms with E-state index in [4.69, 9.17) is 4.74 Å². The first-order valence-corrected chi connectivity index (χ1v) is 7.85. The molecule has 3 nitrogen and oxygen atoms in total. The zero-order valence-electron chi connectivity index (χ0n) is 9.90. The molecule has 1 aliphatic rings. The molecule has 1 fully saturated rings. The second-order valence-electron chi connectivity index (χ2n) is 4.72. The molecule has 1 aliphatic carbocycles. The van der Waals surface area contributed by atoms with E-state index in [1.165, 1.54) is 0 Å². The normalized spacial score (nSPS) is 29.5. The highest BCUT2D eigenvalue weighted by Gasteiger charge is 2.44. The van der Waals surface area contributed by atoms with Crippen LogP contribution in [0.4, 0.5) is 0 Å². The summed E-state index contributed by atoms with van der Waals surface area (Å²) in [6.07, 6.45) is 3.66. The summed E-state index contributed by atoms with van der Waals surface area (Å²) >= 11 is 2.43. The van der Waals surface area contributed by atoms with E-state index in [0.717, 1.165) is 23.1 Å². The van der Waals surface area contributed by atoms with Crippen LogP contribution in [0.2, 0.25) is 0 Å². The molecule has 0 aliphatic heterocycles. The Morgan fingerprint density at radius 1 is 1.41 bits per heavy atom. The third-order valence-electron chi connectivity index (χ3n) is 2.86. The van der Waals surface area contributed by atoms with Gasteiger partial charge in [0, 0.05) is 28.7 Å². The molecule has 94 valence electrons. The van der Waals surface area contributed by atoms with Crippen LogP contribution in [0.25, 0.3) is 0 Å². The maximum Gasteiger partial charge on any atom is 0.119 e. The Kier molecular flexibility index (Phi) is 4.02. The van der Waals surface area contributed by atoms with Gasteiger partial charge in [0.1, 0.15) is 18.1 Å². The van der Waals surface area contributed by atoms with Gasteiger partial charge in [-0.1, -0.05) is 15.9 Å². The summed E-state index contributed by atoms with van der Waals surface area (Å²) < 4.78 is 21.0. The number of rotatable bonds is 4. The lowest BCUT2D eigenvalue weighted by Gasteiger charge is -2.43. The molecule has 1 aromatic rings. The van der Waals surface area contributed by atoms with Gasteiger partial charge in [-0.2, -0.15) is 0 Å². The average molecular weight is 318 g/mol. The Bertz CT molecular complexity index is 377. The Morgan fingerprint density at radius 3 is 2.53 bits per heavy atom. The van der Waals surface area contributed by atoms with Gasteiger partial charge in [-0.25, -0.2) is 0 Å². The Morgan fingerprint density at radius 2 is 2.00 bits per heavy atom. The minimum atomic E-state index is -0.960. The van der Waals surface area contributed by atoms with Crippen LogP contribution >= 0.6 is 15.9 Å². The zero-order valence-corrected chi connectivity index (χ0v) is 12.3. The number of hydrogen-bond acceptors (Lipinski definition) is 3. The minimum absolute atomic E-state index is 0.0420. The van der Waals surface area contributed by atoms with Crippen molar-refractivity contribution < 1.29 is 9.29 Å². The second kappa shape index (κ2) is 5.18. The molecule has 0 aromatic heterocycles. The fraction of sp³-hybridized carbons (Fsp3) is 0.500. The van der Waals surface area contributed by atoms with Gasteiger partial charge in [0.25, 0.3) is 0 Å². The van der Waals surface area contributed by atoms with Gasteiger partial charge in [-0.05, 0) is 31.2 Å². The van der Waals surface area contributed by atoms with Crippen molar-refractivity contribution in [3.63, 3.8) is 0 Å². The summed E-state index contributed by atoms with van der Waals surface area (Å²) in [6.45, 7) is 2.08. The van der Waals surface area contributed by atoms with Crippen LogP contribution in [-0.2, 0) is 11.4 Å². The maximum atomic E-state index is 11.1. The molecule has 0 radical (unpaired) electrons. The highest BCUT2D eigenvalue weighted by molar-refractivity contribution is 9.10. The lowest BCUT2D eigenvalue weighted by atomic mass is 9.77. The Balaban J connectivity index is 1.82. The molecule has 1 N–H and O–H groups in total. The van der Waals surface area contributed by atoms with Crippen molar-refractivity contribution in [1.29, 1.82) is 0 Å². The van der Waals surface area contributed by atoms with E-state index in [9.17, 15) is 4.55 Å². The predicted octanol–water partition coefficient (Wildman–Crippen LogP) is 2.63. The van der Waals surface area contributed by atoms with Crippen LogP contribution in [0.1, 0.15) is 19.8 Å². The average Bonchev–Trinajstić information content (AvgIpc) is 2.18. The van der Waals surface area contributed by atoms with Gasteiger partial charge in [0.15, 0.2) is 0 Å². The smallest absolute Gasteiger partial charge is 0.119 e. The summed E-state index contributed by atoms with van der Waals surface area (Å²) in [4.78, 5) is 0. The molecule has 17 heavy (non-hydrogen) atoms. The maximum absolute atomic E-state index is 11.1. The lowest BCUT2D eigenvalue weighted by molar-refractivity contribution is 0.0440. The van der Waals surface area contributed by atoms with Gasteiger partial charge >= 0.3 is 0 Å². The summed E-state index contributed by atoms with van der Waals surface area (Å²) in [5, 5.41) is 0. The van der Waals surface area contributed by atoms with E-state index in [2.05, 4.69) is 27.6 Å². The van der Waals surface area contributed by atoms with Crippen LogP contribution in [-0.4, -0.2) is 22.5 Å². The van der Waals surface area contributed by atoms with E-state index in [1.54, 1.807) is 6.26 Å². The largest absolute Gasteiger partial charge is 0.598 e. The molecule has 2 rings (SSSR count). The molecule has 1 atom stereocenters. The molecule has 0 spiro atoms. The Hall–Kier alpha value is -0.230. The van der Waals surface area contributed by atoms with Crippen molar-refractivity contribution in [2.24, 2.45) is 0 Å². The third-order valence-corrected chi connectivity index (χ3v) is 4.17. The fourth-order valence-electron chi connectivity index (χ4n) is 2.16. The monoisotopic (exact) mass is 317 g/mol. The summed E-state index contributed by atoms with van der Waals surface area (Å²) in [5.41, 5.74) is -0.0420. The number of benzene rings is 1. The van der Waals surface area contributed by atoms with Crippen LogP contribution < -0.4 is 9.46 Å². The van der Waals surface area contributed by atoms with Gasteiger partial charge in [0.2, 0.25) is 0 Å². The number of nitrogens with one attached hydrogen (secondary N) is 1. The molecule has 1 aromatic carbocycles. The molecular formula is C12H16BrNO2S. The molecule has 0 bridgehead atoms. The van der Waals surface area contributed by atoms with Crippen LogP contribution in [0.5, 0.6) is 5.75 Å². The quantitative estimate of drug-likeness (QED) is 0.868. The first-order valence-electron chi connectivity index (χ1n) is 5.50. The summed E-state index contributed by atoms with van der Waals surface area (Å²) in [6, 6.07) is 7.83. The Labute approximate surface area is 113 Å². The van der Waals surface area contributed by atoms with Gasteiger partial charge in [0.05, 0.1) is 5.54 Å². The number of hydrogen-bond donors (Lipinski definition) is 1. The predicted molar refractivity (Wildman–Crippen MR) is 73.4 cm³/mol. The summed E-state index contributed by atoms with van der Waals surface area (Å²) in [7, 11) is 0. The van der Waals surface area contributed by atoms with Crippen molar-refractivity contribution >= 4 is 27.3 Å². The van der Waals surface area contributed by atoms with Crippen LogP contribution in [0.3, 0.4) is 0 Å². The van der Waals surface area contributed by atoms with Crippen molar-refractivity contribution in [2.75, 3.05) is 6.26 Å². The van der Waals surface area contributed by atoms with E-state index in [0.29, 0.717) is 0 Å². The van der Waals surface area contributed by atoms with Gasteiger partial charge < -0.3 is 9.29 Å². The molecule has 1 saturated carbocycles. The highest BCUT2D eigenvalue weighted by Crippen LogP contribution is 2.35. The third kappa shape index (κ3) is 3.61. The first-order chi connectivity index (χ1) is 7.97. The van der Waals surface area contributed by atoms with E-state index in [1.807, 2.05) is 24.3 Å². The van der Waals surface area contributed by atoms with E-state index < -0.39 is 11.4 Å². The van der Waals surface area contributed by atoms with Crippen molar-refractivity contribution in [2.45, 2.75) is 31.4 Å². The van der Waals surface area contributed by atoms with Crippen molar-refractivity contribution in [1.82, 2.24) is 4.72 Å². The lowest BCUT2D eigenvalue weighted by Crippen LogP contribution is -2.58. The second-order valence-corrected chi connectivity index (χ2v) is 6.75. The molecule has 5 heteroatoms. The SMILES string of the molecule is C[S+]([O-])NC1(C)CC(Oc2ccc(Br)cc2)C1. The van der Waals surface area contributed by atoms with Crippen molar-refractivity contribution in [3.05, 3.63) is 28.7 Å². The fourth-order valence-corrected chi connectivity index (χ4v) is 3.29. The van der Waals surface area contributed by atoms with E-state index in [-0.39, 0.29) is 11.6 Å². The van der Waals surface area contributed by atoms with Crippen LogP contribution in [0, 0.1) is 0 Å². The molecule has 0 amide bonds. The molecular weight excluding hydrogens is 302 g/mol. The first kappa shape index (κ1) is 13.2. The standard InChI is InChI=1S/C12H16BrNO2S/c1-12(14-17(2)15)7-11(8-12)16-10-5-3-9(13)4-6-10/h3-6,11,14H,7-8H2,1-2H3. The zero-order chi connectivity index (χ0) is 12.5. The molecule has 0 heterocycles. The number of ether oxygens (including phenoxy) is 1. The van der Waals surface area contributed by atoms with Crippen LogP contribution in [0.15, 0.2) is 28.7 Å². The summed E-state index contributed by atoms with van der Waals surface area (Å²) in [5.74, 6) is 0.887. The van der Waals surface area contributed by atoms with Gasteiger partial charge in [-0.3, -0.25) is 0 Å². The van der Waals surface area contributed by atoms with Gasteiger partial charge in [-0.15, -0.1) is 4.72 Å². The minimum Gasteiger partial charge on any atom is -0.598 e. The number of halogens is 1. The molecule has 1 unspecified atom stereocenters. The molecule has 0 saturated heterocycles. The van der Waals surface area contributed by atoms with Crippen molar-refractivity contribution in [3.8, 4) is 5.75 Å².